The van der Waals surface area contributed by atoms with Crippen molar-refractivity contribution in [2.75, 3.05) is 17.2 Å². The van der Waals surface area contributed by atoms with Crippen LogP contribution in [0.25, 0.3) is 0 Å². The maximum Gasteiger partial charge on any atom is 0.218 e. The average molecular weight is 260 g/mol. The van der Waals surface area contributed by atoms with E-state index in [1.165, 1.54) is 19.2 Å². The van der Waals surface area contributed by atoms with Gasteiger partial charge in [0.15, 0.2) is 0 Å². The molecule has 7 heteroatoms. The minimum Gasteiger partial charge on any atom is -0.354 e. The predicted molar refractivity (Wildman–Crippen MR) is 71.5 cm³/mol. The number of carbonyl (C=O) groups excluding carboxylic acids is 1. The van der Waals surface area contributed by atoms with Crippen LogP contribution in [0.3, 0.4) is 0 Å². The van der Waals surface area contributed by atoms with Crippen molar-refractivity contribution in [3.63, 3.8) is 0 Å². The van der Waals surface area contributed by atoms with Crippen molar-refractivity contribution >= 4 is 18.0 Å². The second-order valence-corrected chi connectivity index (χ2v) is 4.16. The van der Waals surface area contributed by atoms with Crippen molar-refractivity contribution in [2.24, 2.45) is 5.92 Å². The molecule has 1 aliphatic rings. The zero-order valence-electron chi connectivity index (χ0n) is 10.4. The number of amides is 1. The second-order valence-electron chi connectivity index (χ2n) is 4.16. The number of carbonyl (C=O) groups is 1. The molecule has 0 saturated heterocycles. The first-order valence-electron chi connectivity index (χ1n) is 6.08. The first-order valence-corrected chi connectivity index (χ1v) is 6.08. The number of nitrogens with one attached hydrogen (secondary N) is 3. The lowest BCUT2D eigenvalue weighted by Gasteiger charge is -1.97. The number of anilines is 2. The number of rotatable bonds is 5. The van der Waals surface area contributed by atoms with Crippen molar-refractivity contribution in [3.8, 4) is 0 Å². The van der Waals surface area contributed by atoms with Crippen LogP contribution in [0.2, 0.25) is 0 Å². The fourth-order valence-corrected chi connectivity index (χ4v) is 1.37. The van der Waals surface area contributed by atoms with E-state index in [4.69, 9.17) is 0 Å². The van der Waals surface area contributed by atoms with Crippen LogP contribution in [0.4, 0.5) is 11.6 Å². The van der Waals surface area contributed by atoms with Gasteiger partial charge in [0, 0.05) is 12.7 Å². The molecular weight excluding hydrogens is 244 g/mol. The molecule has 2 aromatic heterocycles. The highest BCUT2D eigenvalue weighted by Gasteiger charge is 2.20. The van der Waals surface area contributed by atoms with Crippen LogP contribution in [-0.4, -0.2) is 33.1 Å². The summed E-state index contributed by atoms with van der Waals surface area (Å²) in [6.45, 7) is 1.04. The van der Waals surface area contributed by atoms with Crippen molar-refractivity contribution in [2.45, 2.75) is 12.8 Å². The molecule has 1 fully saturated rings. The molecule has 2 aromatic rings. The summed E-state index contributed by atoms with van der Waals surface area (Å²) in [5, 5.41) is 12.1. The quantitative estimate of drug-likeness (QED) is 0.704. The Morgan fingerprint density at radius 3 is 2.95 bits per heavy atom. The third kappa shape index (κ3) is 5.15. The van der Waals surface area contributed by atoms with E-state index in [1.807, 2.05) is 0 Å². The fourth-order valence-electron chi connectivity index (χ4n) is 1.37. The Bertz CT molecular complexity index is 468. The molecule has 3 N–H and O–H groups in total. The number of pyridine rings is 1. The lowest BCUT2D eigenvalue weighted by molar-refractivity contribution is -0.105. The van der Waals surface area contributed by atoms with E-state index in [2.05, 4.69) is 30.8 Å². The van der Waals surface area contributed by atoms with E-state index in [0.717, 1.165) is 18.4 Å². The molecule has 0 radical (unpaired) electrons. The first kappa shape index (κ1) is 13.0. The molecule has 0 unspecified atom stereocenters. The van der Waals surface area contributed by atoms with Crippen molar-refractivity contribution < 1.29 is 4.79 Å². The van der Waals surface area contributed by atoms with Gasteiger partial charge in [-0.2, -0.15) is 5.10 Å². The van der Waals surface area contributed by atoms with Crippen molar-refractivity contribution in [3.05, 3.63) is 30.9 Å². The lowest BCUT2D eigenvalue weighted by Crippen LogP contribution is -2.04. The van der Waals surface area contributed by atoms with Crippen LogP contribution in [0.15, 0.2) is 30.9 Å². The molecular formula is C12H16N6O. The normalized spacial score (nSPS) is 13.1. The molecule has 19 heavy (non-hydrogen) atoms. The summed E-state index contributed by atoms with van der Waals surface area (Å²) in [5.41, 5.74) is 0.715. The molecule has 1 saturated carbocycles. The number of nitrogens with zero attached hydrogens (tertiary/aromatic N) is 3. The zero-order chi connectivity index (χ0) is 13.3. The Hall–Kier alpha value is -2.44. The molecule has 0 bridgehead atoms. The Morgan fingerprint density at radius 2 is 2.37 bits per heavy atom. The highest BCUT2D eigenvalue weighted by molar-refractivity contribution is 5.70. The second kappa shape index (κ2) is 7.10. The van der Waals surface area contributed by atoms with E-state index >= 15 is 0 Å². The molecule has 7 nitrogen and oxygen atoms in total. The van der Waals surface area contributed by atoms with Crippen LogP contribution in [0, 0.1) is 5.92 Å². The summed E-state index contributed by atoms with van der Waals surface area (Å²) in [6.07, 6.45) is 8.08. The molecule has 1 amide bonds. The number of aromatic nitrogens is 4. The van der Waals surface area contributed by atoms with E-state index in [9.17, 15) is 4.79 Å². The van der Waals surface area contributed by atoms with Crippen LogP contribution in [-0.2, 0) is 4.79 Å². The molecule has 0 spiro atoms. The van der Waals surface area contributed by atoms with E-state index in [1.54, 1.807) is 24.5 Å². The van der Waals surface area contributed by atoms with Gasteiger partial charge in [-0.3, -0.25) is 9.78 Å². The van der Waals surface area contributed by atoms with Crippen molar-refractivity contribution in [1.29, 1.82) is 0 Å². The highest BCUT2D eigenvalue weighted by atomic mass is 16.1. The molecule has 1 aliphatic carbocycles. The van der Waals surface area contributed by atoms with E-state index < -0.39 is 0 Å². The van der Waals surface area contributed by atoms with Crippen molar-refractivity contribution in [1.82, 2.24) is 20.2 Å². The molecule has 100 valence electrons. The van der Waals surface area contributed by atoms with E-state index in [0.29, 0.717) is 12.1 Å². The predicted octanol–water partition coefficient (Wildman–Crippen LogP) is 1.28. The van der Waals surface area contributed by atoms with Gasteiger partial charge >= 0.3 is 0 Å². The summed E-state index contributed by atoms with van der Waals surface area (Å²) in [5.74, 6) is 1.66. The summed E-state index contributed by atoms with van der Waals surface area (Å²) in [6, 6.07) is 3.52. The highest BCUT2D eigenvalue weighted by Crippen LogP contribution is 2.28. The zero-order valence-corrected chi connectivity index (χ0v) is 10.4. The average Bonchev–Trinajstić information content (AvgIpc) is 3.13. The maximum absolute atomic E-state index is 9.84. The Kier molecular flexibility index (Phi) is 4.86. The molecule has 0 aliphatic heterocycles. The summed E-state index contributed by atoms with van der Waals surface area (Å²) in [7, 11) is 0. The minimum atomic E-state index is 0.622. The fraction of sp³-hybridized carbons (Fsp3) is 0.333. The third-order valence-electron chi connectivity index (χ3n) is 2.56. The van der Waals surface area contributed by atoms with Gasteiger partial charge in [0.1, 0.15) is 6.33 Å². The van der Waals surface area contributed by atoms with Gasteiger partial charge in [-0.25, -0.2) is 10.1 Å². The number of hydrogen-bond donors (Lipinski definition) is 3. The SMILES string of the molecule is O=CNc1cccnc1.c1n[nH]c(NCC2CC2)n1. The van der Waals surface area contributed by atoms with Gasteiger partial charge in [-0.15, -0.1) is 0 Å². The Balaban J connectivity index is 0.000000141. The number of aromatic amines is 1. The van der Waals surface area contributed by atoms with E-state index in [-0.39, 0.29) is 0 Å². The number of H-pyrrole nitrogens is 1. The minimum absolute atomic E-state index is 0.622. The van der Waals surface area contributed by atoms with Gasteiger partial charge in [0.2, 0.25) is 12.4 Å². The standard InChI is InChI=1S/C6H10N4.C6H6N2O/c1-2-5(1)3-7-6-8-4-9-10-6;9-5-8-6-2-1-3-7-4-6/h4-5H,1-3H2,(H2,7,8,9,10);1-5H,(H,8,9). The van der Waals surface area contributed by atoms with Gasteiger partial charge < -0.3 is 10.6 Å². The third-order valence-corrected chi connectivity index (χ3v) is 2.56. The molecule has 3 rings (SSSR count). The summed E-state index contributed by atoms with van der Waals surface area (Å²) in [4.78, 5) is 17.6. The largest absolute Gasteiger partial charge is 0.354 e. The van der Waals surface area contributed by atoms with Gasteiger partial charge in [-0.1, -0.05) is 0 Å². The first-order chi connectivity index (χ1) is 9.38. The summed E-state index contributed by atoms with van der Waals surface area (Å²) >= 11 is 0. The maximum atomic E-state index is 9.84. The lowest BCUT2D eigenvalue weighted by atomic mass is 10.4. The van der Waals surface area contributed by atoms with Crippen LogP contribution in [0.1, 0.15) is 12.8 Å². The Morgan fingerprint density at radius 1 is 1.47 bits per heavy atom. The monoisotopic (exact) mass is 260 g/mol. The molecule has 2 heterocycles. The summed E-state index contributed by atoms with van der Waals surface area (Å²) < 4.78 is 0. The smallest absolute Gasteiger partial charge is 0.218 e. The molecule has 0 aromatic carbocycles. The van der Waals surface area contributed by atoms with Gasteiger partial charge in [0.05, 0.1) is 11.9 Å². The van der Waals surface area contributed by atoms with Gasteiger partial charge in [0.25, 0.3) is 0 Å². The topological polar surface area (TPSA) is 95.6 Å². The number of hydrogen-bond acceptors (Lipinski definition) is 5. The van der Waals surface area contributed by atoms with Gasteiger partial charge in [-0.05, 0) is 30.9 Å². The van der Waals surface area contributed by atoms with Crippen LogP contribution >= 0.6 is 0 Å². The van der Waals surface area contributed by atoms with Crippen LogP contribution in [0.5, 0.6) is 0 Å². The Labute approximate surface area is 110 Å². The van der Waals surface area contributed by atoms with Crippen LogP contribution < -0.4 is 10.6 Å². The molecule has 0 atom stereocenters.